The molecule has 126 valence electrons. The number of aliphatic hydroxyl groups excluding tert-OH is 1. The molecule has 0 unspecified atom stereocenters. The molecule has 24 heavy (non-hydrogen) atoms. The molecule has 3 rings (SSSR count). The van der Waals surface area contributed by atoms with Crippen LogP contribution < -0.4 is 9.30 Å². The molecule has 0 spiro atoms. The first kappa shape index (κ1) is 16.8. The van der Waals surface area contributed by atoms with Gasteiger partial charge in [0.1, 0.15) is 25.0 Å². The number of rotatable bonds is 5. The van der Waals surface area contributed by atoms with Gasteiger partial charge in [-0.25, -0.2) is 9.13 Å². The summed E-state index contributed by atoms with van der Waals surface area (Å²) in [6.07, 6.45) is 1.41. The van der Waals surface area contributed by atoms with Crippen LogP contribution in [0.15, 0.2) is 42.7 Å². The predicted octanol–water partition coefficient (Wildman–Crippen LogP) is 3.18. The molecule has 1 aromatic heterocycles. The Balaban J connectivity index is 1.72. The molecular formula is C19H22ClN2O2+. The van der Waals surface area contributed by atoms with Crippen LogP contribution in [0.2, 0.25) is 5.02 Å². The number of fused-ring (bicyclic) bond motifs is 1. The maximum absolute atomic E-state index is 10.3. The Morgan fingerprint density at radius 3 is 2.54 bits per heavy atom. The van der Waals surface area contributed by atoms with Crippen molar-refractivity contribution in [3.8, 4) is 5.75 Å². The summed E-state index contributed by atoms with van der Waals surface area (Å²) in [6, 6.07) is 11.5. The van der Waals surface area contributed by atoms with Gasteiger partial charge in [0.15, 0.2) is 11.0 Å². The third-order valence-electron chi connectivity index (χ3n) is 4.26. The SMILES string of the molecule is Cc1cc2c(cc1C)[n+](C)cn2C[C@@H](O)COc1ccc(Cl)cc1. The van der Waals surface area contributed by atoms with E-state index in [0.29, 0.717) is 17.3 Å². The van der Waals surface area contributed by atoms with Gasteiger partial charge in [0.05, 0.1) is 7.05 Å². The van der Waals surface area contributed by atoms with E-state index in [1.54, 1.807) is 24.3 Å². The van der Waals surface area contributed by atoms with Crippen LogP contribution >= 0.6 is 11.6 Å². The van der Waals surface area contributed by atoms with Crippen molar-refractivity contribution in [2.75, 3.05) is 6.61 Å². The average molecular weight is 346 g/mol. The standard InChI is InChI=1S/C19H22ClN2O2/c1-13-8-18-19(9-14(13)2)22(12-21(18)3)10-16(23)11-24-17-6-4-15(20)5-7-17/h4-9,12,16,23H,10-11H2,1-3H3/q+1/t16-/m1/s1. The van der Waals surface area contributed by atoms with Gasteiger partial charge in [-0.1, -0.05) is 11.6 Å². The Bertz CT molecular complexity index is 856. The zero-order chi connectivity index (χ0) is 17.3. The molecule has 0 aliphatic heterocycles. The molecule has 2 aromatic carbocycles. The topological polar surface area (TPSA) is 38.3 Å². The van der Waals surface area contributed by atoms with Gasteiger partial charge in [0.2, 0.25) is 6.33 Å². The van der Waals surface area contributed by atoms with Gasteiger partial charge in [-0.05, 0) is 61.4 Å². The van der Waals surface area contributed by atoms with Gasteiger partial charge < -0.3 is 9.84 Å². The van der Waals surface area contributed by atoms with Crippen molar-refractivity contribution in [3.05, 3.63) is 58.9 Å². The molecular weight excluding hydrogens is 324 g/mol. The Morgan fingerprint density at radius 1 is 1.17 bits per heavy atom. The Labute approximate surface area is 146 Å². The summed E-state index contributed by atoms with van der Waals surface area (Å²) in [5, 5.41) is 11.0. The summed E-state index contributed by atoms with van der Waals surface area (Å²) >= 11 is 5.85. The highest BCUT2D eigenvalue weighted by atomic mass is 35.5. The smallest absolute Gasteiger partial charge is 0.244 e. The second-order valence-electron chi connectivity index (χ2n) is 6.22. The van der Waals surface area contributed by atoms with Crippen LogP contribution in [0, 0.1) is 13.8 Å². The Morgan fingerprint density at radius 2 is 1.83 bits per heavy atom. The number of nitrogens with zero attached hydrogens (tertiary/aromatic N) is 2. The van der Waals surface area contributed by atoms with E-state index >= 15 is 0 Å². The zero-order valence-electron chi connectivity index (χ0n) is 14.2. The molecule has 0 aliphatic carbocycles. The average Bonchev–Trinajstić information content (AvgIpc) is 2.83. The van der Waals surface area contributed by atoms with Crippen LogP contribution in [0.25, 0.3) is 11.0 Å². The van der Waals surface area contributed by atoms with Crippen LogP contribution in [-0.2, 0) is 13.6 Å². The quantitative estimate of drug-likeness (QED) is 0.721. The number of imidazole rings is 1. The third kappa shape index (κ3) is 3.55. The first-order valence-electron chi connectivity index (χ1n) is 7.96. The lowest BCUT2D eigenvalue weighted by molar-refractivity contribution is -0.645. The van der Waals surface area contributed by atoms with Crippen LogP contribution in [0.3, 0.4) is 0 Å². The minimum Gasteiger partial charge on any atom is -0.491 e. The number of hydrogen-bond donors (Lipinski definition) is 1. The maximum Gasteiger partial charge on any atom is 0.244 e. The molecule has 0 amide bonds. The van der Waals surface area contributed by atoms with Crippen LogP contribution in [0.1, 0.15) is 11.1 Å². The molecule has 1 heterocycles. The third-order valence-corrected chi connectivity index (χ3v) is 4.51. The number of hydrogen-bond acceptors (Lipinski definition) is 2. The van der Waals surface area contributed by atoms with E-state index in [2.05, 4.69) is 35.1 Å². The molecule has 0 fully saturated rings. The van der Waals surface area contributed by atoms with Crippen molar-refractivity contribution in [2.24, 2.45) is 7.05 Å². The van der Waals surface area contributed by atoms with Crippen molar-refractivity contribution in [1.29, 1.82) is 0 Å². The minimum absolute atomic E-state index is 0.232. The molecule has 0 saturated carbocycles. The monoisotopic (exact) mass is 345 g/mol. The van der Waals surface area contributed by atoms with E-state index < -0.39 is 6.10 Å². The first-order chi connectivity index (χ1) is 11.4. The predicted molar refractivity (Wildman–Crippen MR) is 95.5 cm³/mol. The summed E-state index contributed by atoms with van der Waals surface area (Å²) in [5.74, 6) is 0.702. The molecule has 1 atom stereocenters. The van der Waals surface area contributed by atoms with Crippen molar-refractivity contribution < 1.29 is 14.4 Å². The number of ether oxygens (including phenoxy) is 1. The molecule has 1 N–H and O–H groups in total. The lowest BCUT2D eigenvalue weighted by atomic mass is 10.1. The van der Waals surface area contributed by atoms with Crippen LogP contribution in [0.5, 0.6) is 5.75 Å². The minimum atomic E-state index is -0.599. The highest BCUT2D eigenvalue weighted by Gasteiger charge is 2.18. The first-order valence-corrected chi connectivity index (χ1v) is 8.34. The summed E-state index contributed by atoms with van der Waals surface area (Å²) in [5.41, 5.74) is 4.78. The summed E-state index contributed by atoms with van der Waals surface area (Å²) in [7, 11) is 2.02. The van der Waals surface area contributed by atoms with E-state index in [-0.39, 0.29) is 6.61 Å². The number of halogens is 1. The van der Waals surface area contributed by atoms with Crippen LogP contribution in [-0.4, -0.2) is 22.4 Å². The number of aromatic nitrogens is 2. The van der Waals surface area contributed by atoms with Crippen molar-refractivity contribution >= 4 is 22.6 Å². The summed E-state index contributed by atoms with van der Waals surface area (Å²) < 4.78 is 9.77. The summed E-state index contributed by atoms with van der Waals surface area (Å²) in [4.78, 5) is 0. The molecule has 0 saturated heterocycles. The number of aryl methyl sites for hydroxylation is 3. The zero-order valence-corrected chi connectivity index (χ0v) is 14.9. The lowest BCUT2D eigenvalue weighted by Gasteiger charge is -2.11. The van der Waals surface area contributed by atoms with Gasteiger partial charge in [-0.2, -0.15) is 0 Å². The normalized spacial score (nSPS) is 12.5. The van der Waals surface area contributed by atoms with Crippen molar-refractivity contribution in [3.63, 3.8) is 0 Å². The van der Waals surface area contributed by atoms with Crippen molar-refractivity contribution in [2.45, 2.75) is 26.5 Å². The molecule has 0 radical (unpaired) electrons. The second kappa shape index (κ2) is 6.83. The fourth-order valence-corrected chi connectivity index (χ4v) is 2.91. The number of aliphatic hydroxyl groups is 1. The van der Waals surface area contributed by atoms with Gasteiger partial charge >= 0.3 is 0 Å². The van der Waals surface area contributed by atoms with Gasteiger partial charge in [0, 0.05) is 5.02 Å². The lowest BCUT2D eigenvalue weighted by Crippen LogP contribution is -2.27. The Kier molecular flexibility index (Phi) is 4.78. The highest BCUT2D eigenvalue weighted by Crippen LogP contribution is 2.18. The van der Waals surface area contributed by atoms with Gasteiger partial charge in [-0.3, -0.25) is 0 Å². The van der Waals surface area contributed by atoms with Gasteiger partial charge in [0.25, 0.3) is 0 Å². The largest absolute Gasteiger partial charge is 0.491 e. The fraction of sp³-hybridized carbons (Fsp3) is 0.316. The molecule has 0 bridgehead atoms. The second-order valence-corrected chi connectivity index (χ2v) is 6.66. The van der Waals surface area contributed by atoms with E-state index in [1.807, 2.05) is 13.4 Å². The van der Waals surface area contributed by atoms with Crippen LogP contribution in [0.4, 0.5) is 0 Å². The molecule has 3 aromatic rings. The highest BCUT2D eigenvalue weighted by molar-refractivity contribution is 6.30. The molecule has 4 nitrogen and oxygen atoms in total. The molecule has 5 heteroatoms. The Hall–Kier alpha value is -2.04. The number of benzene rings is 2. The van der Waals surface area contributed by atoms with E-state index in [1.165, 1.54) is 11.1 Å². The van der Waals surface area contributed by atoms with E-state index in [0.717, 1.165) is 11.0 Å². The maximum atomic E-state index is 10.3. The van der Waals surface area contributed by atoms with E-state index in [4.69, 9.17) is 16.3 Å². The summed E-state index contributed by atoms with van der Waals surface area (Å²) in [6.45, 7) is 4.93. The fourth-order valence-electron chi connectivity index (χ4n) is 2.78. The molecule has 0 aliphatic rings. The van der Waals surface area contributed by atoms with E-state index in [9.17, 15) is 5.11 Å². The van der Waals surface area contributed by atoms with Crippen molar-refractivity contribution in [1.82, 2.24) is 4.57 Å². The van der Waals surface area contributed by atoms with Gasteiger partial charge in [-0.15, -0.1) is 0 Å².